The molecule has 28 heavy (non-hydrogen) atoms. The molecule has 0 aliphatic rings. The summed E-state index contributed by atoms with van der Waals surface area (Å²) in [6, 6.07) is 7.66. The minimum absolute atomic E-state index is 0.107. The van der Waals surface area contributed by atoms with E-state index >= 15 is 0 Å². The zero-order chi connectivity index (χ0) is 20.4. The average Bonchev–Trinajstić information content (AvgIpc) is 3.15. The van der Waals surface area contributed by atoms with Gasteiger partial charge in [0.2, 0.25) is 5.91 Å². The molecule has 0 bridgehead atoms. The molecule has 0 spiro atoms. The van der Waals surface area contributed by atoms with E-state index in [0.29, 0.717) is 5.56 Å². The van der Waals surface area contributed by atoms with Crippen LogP contribution in [0.2, 0.25) is 0 Å². The highest BCUT2D eigenvalue weighted by molar-refractivity contribution is 7.12. The summed E-state index contributed by atoms with van der Waals surface area (Å²) in [6.07, 6.45) is 0.197. The highest BCUT2D eigenvalue weighted by atomic mass is 32.1. The van der Waals surface area contributed by atoms with Crippen LogP contribution in [0.5, 0.6) is 0 Å². The molecule has 0 saturated carbocycles. The number of H-pyrrole nitrogens is 1. The van der Waals surface area contributed by atoms with Crippen molar-refractivity contribution in [3.05, 3.63) is 56.5 Å². The molecule has 3 rings (SSSR count). The lowest BCUT2D eigenvalue weighted by molar-refractivity contribution is -0.115. The van der Waals surface area contributed by atoms with E-state index in [0.717, 1.165) is 43.8 Å². The Morgan fingerprint density at radius 2 is 1.89 bits per heavy atom. The van der Waals surface area contributed by atoms with Gasteiger partial charge >= 0.3 is 5.97 Å². The van der Waals surface area contributed by atoms with Crippen LogP contribution in [0.15, 0.2) is 24.3 Å². The summed E-state index contributed by atoms with van der Waals surface area (Å²) in [5.41, 5.74) is 5.44. The van der Waals surface area contributed by atoms with Crippen LogP contribution >= 0.6 is 11.3 Å². The van der Waals surface area contributed by atoms with E-state index < -0.39 is 0 Å². The SMILES string of the molecule is COC(=O)c1c(C)[nH]c(-c2nc(CC(=O)Nc3ccccc3C)sc2C)c1C. The lowest BCUT2D eigenvalue weighted by Crippen LogP contribution is -2.14. The number of thiazole rings is 1. The first kappa shape index (κ1) is 19.8. The predicted octanol–water partition coefficient (Wildman–Crippen LogP) is 4.34. The van der Waals surface area contributed by atoms with Crippen LogP contribution in [0.25, 0.3) is 11.4 Å². The highest BCUT2D eigenvalue weighted by Gasteiger charge is 2.22. The number of esters is 1. The van der Waals surface area contributed by atoms with E-state index in [-0.39, 0.29) is 18.3 Å². The molecule has 0 radical (unpaired) electrons. The van der Waals surface area contributed by atoms with Crippen molar-refractivity contribution >= 4 is 28.9 Å². The van der Waals surface area contributed by atoms with Gasteiger partial charge in [0.15, 0.2) is 0 Å². The van der Waals surface area contributed by atoms with Crippen molar-refractivity contribution in [2.24, 2.45) is 0 Å². The molecule has 6 nitrogen and oxygen atoms in total. The van der Waals surface area contributed by atoms with Gasteiger partial charge in [-0.3, -0.25) is 4.79 Å². The lowest BCUT2D eigenvalue weighted by atomic mass is 10.1. The Hall–Kier alpha value is -2.93. The molecule has 0 unspecified atom stereocenters. The Bertz CT molecular complexity index is 1050. The Balaban J connectivity index is 1.83. The van der Waals surface area contributed by atoms with E-state index in [1.807, 2.05) is 52.0 Å². The molecule has 0 aliphatic carbocycles. The van der Waals surface area contributed by atoms with E-state index in [2.05, 4.69) is 15.3 Å². The van der Waals surface area contributed by atoms with Gasteiger partial charge in [-0.15, -0.1) is 11.3 Å². The van der Waals surface area contributed by atoms with Gasteiger partial charge in [0, 0.05) is 16.3 Å². The lowest BCUT2D eigenvalue weighted by Gasteiger charge is -2.06. The number of amides is 1. The monoisotopic (exact) mass is 397 g/mol. The standard InChI is InChI=1S/C21H23N3O3S/c1-11-8-6-7-9-15(11)23-16(25)10-17-24-20(14(4)28-17)19-12(2)18(13(3)22-19)21(26)27-5/h6-9,22H,10H2,1-5H3,(H,23,25). The normalized spacial score (nSPS) is 10.8. The van der Waals surface area contributed by atoms with Crippen LogP contribution in [0.4, 0.5) is 5.69 Å². The zero-order valence-corrected chi connectivity index (χ0v) is 17.4. The highest BCUT2D eigenvalue weighted by Crippen LogP contribution is 2.32. The van der Waals surface area contributed by atoms with Gasteiger partial charge in [0.05, 0.1) is 24.8 Å². The quantitative estimate of drug-likeness (QED) is 0.627. The molecule has 2 N–H and O–H groups in total. The Labute approximate surface area is 168 Å². The van der Waals surface area contributed by atoms with Gasteiger partial charge in [0.25, 0.3) is 0 Å². The van der Waals surface area contributed by atoms with Crippen LogP contribution in [-0.4, -0.2) is 29.0 Å². The first-order valence-electron chi connectivity index (χ1n) is 8.91. The summed E-state index contributed by atoms with van der Waals surface area (Å²) in [4.78, 5) is 33.3. The maximum absolute atomic E-state index is 12.4. The summed E-state index contributed by atoms with van der Waals surface area (Å²) < 4.78 is 4.87. The van der Waals surface area contributed by atoms with Crippen molar-refractivity contribution in [2.45, 2.75) is 34.1 Å². The number of aryl methyl sites for hydroxylation is 3. The second-order valence-corrected chi connectivity index (χ2v) is 7.96. The van der Waals surface area contributed by atoms with E-state index in [9.17, 15) is 9.59 Å². The molecule has 7 heteroatoms. The third kappa shape index (κ3) is 3.84. The first-order valence-corrected chi connectivity index (χ1v) is 9.73. The molecule has 0 saturated heterocycles. The molecule has 1 aromatic carbocycles. The number of benzene rings is 1. The number of para-hydroxylation sites is 1. The molecule has 0 aliphatic heterocycles. The fourth-order valence-corrected chi connectivity index (χ4v) is 4.14. The van der Waals surface area contributed by atoms with Crippen molar-refractivity contribution < 1.29 is 14.3 Å². The first-order chi connectivity index (χ1) is 13.3. The number of carbonyl (C=O) groups is 2. The molecule has 2 aromatic heterocycles. The number of aromatic amines is 1. The number of hydrogen-bond donors (Lipinski definition) is 2. The maximum atomic E-state index is 12.4. The molecule has 146 valence electrons. The minimum Gasteiger partial charge on any atom is -0.465 e. The van der Waals surface area contributed by atoms with Crippen molar-refractivity contribution in [1.29, 1.82) is 0 Å². The summed E-state index contributed by atoms with van der Waals surface area (Å²) in [5.74, 6) is -0.479. The number of anilines is 1. The van der Waals surface area contributed by atoms with Crippen LogP contribution in [0.3, 0.4) is 0 Å². The molecule has 0 atom stereocenters. The van der Waals surface area contributed by atoms with Crippen molar-refractivity contribution in [2.75, 3.05) is 12.4 Å². The van der Waals surface area contributed by atoms with Gasteiger partial charge in [-0.2, -0.15) is 0 Å². The van der Waals surface area contributed by atoms with E-state index in [1.54, 1.807) is 0 Å². The van der Waals surface area contributed by atoms with Gasteiger partial charge in [0.1, 0.15) is 10.7 Å². The molecular formula is C21H23N3O3S. The fourth-order valence-electron chi connectivity index (χ4n) is 3.20. The summed E-state index contributed by atoms with van der Waals surface area (Å²) in [7, 11) is 1.37. The van der Waals surface area contributed by atoms with Gasteiger partial charge in [-0.05, 0) is 44.9 Å². The maximum Gasteiger partial charge on any atom is 0.339 e. The number of methoxy groups -OCH3 is 1. The third-order valence-corrected chi connectivity index (χ3v) is 5.61. The van der Waals surface area contributed by atoms with Gasteiger partial charge in [-0.25, -0.2) is 9.78 Å². The number of aromatic nitrogens is 2. The van der Waals surface area contributed by atoms with Crippen molar-refractivity contribution in [3.8, 4) is 11.4 Å². The van der Waals surface area contributed by atoms with Crippen LogP contribution < -0.4 is 5.32 Å². The number of nitrogens with one attached hydrogen (secondary N) is 2. The predicted molar refractivity (Wildman–Crippen MR) is 111 cm³/mol. The minimum atomic E-state index is -0.372. The van der Waals surface area contributed by atoms with E-state index in [1.165, 1.54) is 18.4 Å². The summed E-state index contributed by atoms with van der Waals surface area (Å²) in [6.45, 7) is 7.62. The third-order valence-electron chi connectivity index (χ3n) is 4.64. The molecular weight excluding hydrogens is 374 g/mol. The number of hydrogen-bond acceptors (Lipinski definition) is 5. The van der Waals surface area contributed by atoms with E-state index in [4.69, 9.17) is 4.74 Å². The van der Waals surface area contributed by atoms with Crippen LogP contribution in [0.1, 0.15) is 37.1 Å². The number of rotatable bonds is 5. The van der Waals surface area contributed by atoms with Crippen LogP contribution in [-0.2, 0) is 16.0 Å². The number of ether oxygens (including phenoxy) is 1. The molecule has 3 aromatic rings. The van der Waals surface area contributed by atoms with Crippen LogP contribution in [0, 0.1) is 27.7 Å². The number of nitrogens with zero attached hydrogens (tertiary/aromatic N) is 1. The van der Waals surface area contributed by atoms with Crippen molar-refractivity contribution in [3.63, 3.8) is 0 Å². The van der Waals surface area contributed by atoms with Gasteiger partial charge < -0.3 is 15.0 Å². The largest absolute Gasteiger partial charge is 0.465 e. The summed E-state index contributed by atoms with van der Waals surface area (Å²) >= 11 is 1.48. The summed E-state index contributed by atoms with van der Waals surface area (Å²) in [5, 5.41) is 3.66. The molecule has 1 amide bonds. The average molecular weight is 398 g/mol. The second kappa shape index (κ2) is 7.98. The van der Waals surface area contributed by atoms with Gasteiger partial charge in [-0.1, -0.05) is 18.2 Å². The van der Waals surface area contributed by atoms with Crippen molar-refractivity contribution in [1.82, 2.24) is 9.97 Å². The molecule has 2 heterocycles. The smallest absolute Gasteiger partial charge is 0.339 e. The molecule has 0 fully saturated rings. The Kier molecular flexibility index (Phi) is 5.65. The fraction of sp³-hybridized carbons (Fsp3) is 0.286. The Morgan fingerprint density at radius 3 is 2.57 bits per heavy atom. The Morgan fingerprint density at radius 1 is 1.18 bits per heavy atom. The topological polar surface area (TPSA) is 84.1 Å². The second-order valence-electron chi connectivity index (χ2n) is 6.67. The zero-order valence-electron chi connectivity index (χ0n) is 16.6. The number of carbonyl (C=O) groups excluding carboxylic acids is 2.